The largest absolute Gasteiger partial charge is 0.495 e. The summed E-state index contributed by atoms with van der Waals surface area (Å²) in [6, 6.07) is 5.12. The standard InChI is InChI=1S/C15H21N3O3/c1-15(8-3-4-9-15)14(19)17-12-10(13(16)18-20)6-5-7-11(12)21-2/h5-7,20H,3-4,8-9H2,1-2H3,(H2,16,18)(H,17,19). The summed E-state index contributed by atoms with van der Waals surface area (Å²) in [4.78, 5) is 12.6. The number of amides is 1. The summed E-state index contributed by atoms with van der Waals surface area (Å²) in [6.45, 7) is 1.97. The van der Waals surface area contributed by atoms with Gasteiger partial charge in [0.05, 0.1) is 12.8 Å². The van der Waals surface area contributed by atoms with Crippen molar-refractivity contribution in [3.8, 4) is 5.75 Å². The van der Waals surface area contributed by atoms with Crippen molar-refractivity contribution in [1.29, 1.82) is 0 Å². The van der Waals surface area contributed by atoms with E-state index < -0.39 is 0 Å². The zero-order valence-electron chi connectivity index (χ0n) is 12.3. The fraction of sp³-hybridized carbons (Fsp3) is 0.467. The average Bonchev–Trinajstić information content (AvgIpc) is 2.94. The Kier molecular flexibility index (Phi) is 4.35. The number of carbonyl (C=O) groups is 1. The molecule has 0 bridgehead atoms. The highest BCUT2D eigenvalue weighted by Crippen LogP contribution is 2.39. The number of ether oxygens (including phenoxy) is 1. The molecule has 0 radical (unpaired) electrons. The number of amidine groups is 1. The number of rotatable bonds is 4. The van der Waals surface area contributed by atoms with Crippen LogP contribution >= 0.6 is 0 Å². The predicted molar refractivity (Wildman–Crippen MR) is 80.7 cm³/mol. The molecule has 0 aromatic heterocycles. The molecule has 6 heteroatoms. The minimum Gasteiger partial charge on any atom is -0.495 e. The topological polar surface area (TPSA) is 96.9 Å². The summed E-state index contributed by atoms with van der Waals surface area (Å²) in [6.07, 6.45) is 3.85. The highest BCUT2D eigenvalue weighted by molar-refractivity contribution is 6.07. The van der Waals surface area contributed by atoms with Gasteiger partial charge in [0, 0.05) is 11.0 Å². The predicted octanol–water partition coefficient (Wildman–Crippen LogP) is 2.31. The first-order chi connectivity index (χ1) is 10.0. The Morgan fingerprint density at radius 1 is 1.43 bits per heavy atom. The lowest BCUT2D eigenvalue weighted by Gasteiger charge is -2.24. The number of oxime groups is 1. The number of anilines is 1. The molecule has 0 atom stereocenters. The quantitative estimate of drug-likeness (QED) is 0.343. The minimum absolute atomic E-state index is 0.0588. The highest BCUT2D eigenvalue weighted by atomic mass is 16.5. The lowest BCUT2D eigenvalue weighted by Crippen LogP contribution is -2.32. The molecule has 1 aromatic rings. The highest BCUT2D eigenvalue weighted by Gasteiger charge is 2.36. The van der Waals surface area contributed by atoms with Crippen molar-refractivity contribution in [3.05, 3.63) is 23.8 Å². The number of hydrogen-bond donors (Lipinski definition) is 3. The van der Waals surface area contributed by atoms with Gasteiger partial charge in [0.1, 0.15) is 5.75 Å². The second-order valence-corrected chi connectivity index (χ2v) is 5.59. The second-order valence-electron chi connectivity index (χ2n) is 5.59. The van der Waals surface area contributed by atoms with Crippen LogP contribution in [0.2, 0.25) is 0 Å². The molecule has 4 N–H and O–H groups in total. The van der Waals surface area contributed by atoms with E-state index in [2.05, 4.69) is 10.5 Å². The van der Waals surface area contributed by atoms with Gasteiger partial charge in [-0.2, -0.15) is 0 Å². The van der Waals surface area contributed by atoms with Crippen molar-refractivity contribution < 1.29 is 14.7 Å². The van der Waals surface area contributed by atoms with E-state index >= 15 is 0 Å². The van der Waals surface area contributed by atoms with Crippen LogP contribution in [0.15, 0.2) is 23.4 Å². The number of para-hydroxylation sites is 1. The molecular formula is C15H21N3O3. The Morgan fingerprint density at radius 3 is 2.67 bits per heavy atom. The van der Waals surface area contributed by atoms with Crippen LogP contribution in [0, 0.1) is 5.41 Å². The summed E-state index contributed by atoms with van der Waals surface area (Å²) in [5, 5.41) is 14.8. The van der Waals surface area contributed by atoms with Crippen LogP contribution in [0.3, 0.4) is 0 Å². The third-order valence-corrected chi connectivity index (χ3v) is 4.12. The maximum absolute atomic E-state index is 12.6. The molecule has 1 aromatic carbocycles. The maximum atomic E-state index is 12.6. The fourth-order valence-electron chi connectivity index (χ4n) is 2.74. The number of nitrogens with two attached hydrogens (primary N) is 1. The van der Waals surface area contributed by atoms with Gasteiger partial charge in [-0.05, 0) is 25.0 Å². The molecule has 0 saturated heterocycles. The molecule has 1 aliphatic rings. The van der Waals surface area contributed by atoms with Gasteiger partial charge in [0.15, 0.2) is 5.84 Å². The molecule has 6 nitrogen and oxygen atoms in total. The minimum atomic E-state index is -0.372. The summed E-state index contributed by atoms with van der Waals surface area (Å²) < 4.78 is 5.27. The number of nitrogens with one attached hydrogen (secondary N) is 1. The van der Waals surface area contributed by atoms with E-state index in [1.165, 1.54) is 7.11 Å². The molecule has 21 heavy (non-hydrogen) atoms. The van der Waals surface area contributed by atoms with Crippen molar-refractivity contribution in [2.45, 2.75) is 32.6 Å². The summed E-state index contributed by atoms with van der Waals surface area (Å²) >= 11 is 0. The third-order valence-electron chi connectivity index (χ3n) is 4.12. The van der Waals surface area contributed by atoms with Gasteiger partial charge in [-0.3, -0.25) is 4.79 Å². The Bertz CT molecular complexity index is 563. The monoisotopic (exact) mass is 291 g/mol. The van der Waals surface area contributed by atoms with Crippen LogP contribution in [-0.4, -0.2) is 24.1 Å². The van der Waals surface area contributed by atoms with Gasteiger partial charge >= 0.3 is 0 Å². The molecule has 0 heterocycles. The Balaban J connectivity index is 2.36. The zero-order chi connectivity index (χ0) is 15.5. The number of carbonyl (C=O) groups excluding carboxylic acids is 1. The van der Waals surface area contributed by atoms with Crippen LogP contribution in [0.1, 0.15) is 38.2 Å². The Morgan fingerprint density at radius 2 is 2.10 bits per heavy atom. The van der Waals surface area contributed by atoms with E-state index in [9.17, 15) is 4.79 Å². The van der Waals surface area contributed by atoms with Crippen molar-refractivity contribution in [2.24, 2.45) is 16.3 Å². The Labute approximate surface area is 124 Å². The van der Waals surface area contributed by atoms with Crippen molar-refractivity contribution in [2.75, 3.05) is 12.4 Å². The molecule has 0 unspecified atom stereocenters. The van der Waals surface area contributed by atoms with Crippen molar-refractivity contribution >= 4 is 17.4 Å². The van der Waals surface area contributed by atoms with Gasteiger partial charge in [-0.25, -0.2) is 0 Å². The van der Waals surface area contributed by atoms with Crippen LogP contribution in [-0.2, 0) is 4.79 Å². The van der Waals surface area contributed by atoms with Gasteiger partial charge in [-0.1, -0.05) is 31.0 Å². The average molecular weight is 291 g/mol. The first-order valence-corrected chi connectivity index (χ1v) is 6.98. The first-order valence-electron chi connectivity index (χ1n) is 6.98. The van der Waals surface area contributed by atoms with E-state index in [0.29, 0.717) is 17.0 Å². The lowest BCUT2D eigenvalue weighted by atomic mass is 9.87. The number of methoxy groups -OCH3 is 1. The molecule has 1 amide bonds. The van der Waals surface area contributed by atoms with Crippen LogP contribution in [0.4, 0.5) is 5.69 Å². The van der Waals surface area contributed by atoms with Gasteiger partial charge in [0.2, 0.25) is 5.91 Å². The summed E-state index contributed by atoms with van der Waals surface area (Å²) in [5.74, 6) is 0.353. The summed E-state index contributed by atoms with van der Waals surface area (Å²) in [5.41, 5.74) is 6.18. The normalized spacial score (nSPS) is 17.5. The molecule has 1 saturated carbocycles. The number of nitrogens with zero attached hydrogens (tertiary/aromatic N) is 1. The van der Waals surface area contributed by atoms with Crippen molar-refractivity contribution in [1.82, 2.24) is 0 Å². The maximum Gasteiger partial charge on any atom is 0.230 e. The van der Waals surface area contributed by atoms with Crippen molar-refractivity contribution in [3.63, 3.8) is 0 Å². The zero-order valence-corrected chi connectivity index (χ0v) is 12.3. The van der Waals surface area contributed by atoms with E-state index in [-0.39, 0.29) is 17.2 Å². The van der Waals surface area contributed by atoms with Gasteiger partial charge in [-0.15, -0.1) is 0 Å². The van der Waals surface area contributed by atoms with E-state index in [1.54, 1.807) is 18.2 Å². The fourth-order valence-corrected chi connectivity index (χ4v) is 2.74. The van der Waals surface area contributed by atoms with E-state index in [0.717, 1.165) is 25.7 Å². The number of hydrogen-bond acceptors (Lipinski definition) is 4. The van der Waals surface area contributed by atoms with Crippen LogP contribution < -0.4 is 15.8 Å². The molecular weight excluding hydrogens is 270 g/mol. The lowest BCUT2D eigenvalue weighted by molar-refractivity contribution is -0.124. The van der Waals surface area contributed by atoms with Crippen LogP contribution in [0.25, 0.3) is 0 Å². The SMILES string of the molecule is COc1cccc(/C(N)=N/O)c1NC(=O)C1(C)CCCC1. The molecule has 114 valence electrons. The molecule has 0 spiro atoms. The second kappa shape index (κ2) is 6.03. The van der Waals surface area contributed by atoms with E-state index in [1.807, 2.05) is 6.92 Å². The first kappa shape index (κ1) is 15.2. The van der Waals surface area contributed by atoms with Gasteiger partial charge < -0.3 is 21.0 Å². The molecule has 1 aliphatic carbocycles. The van der Waals surface area contributed by atoms with Gasteiger partial charge in [0.25, 0.3) is 0 Å². The molecule has 1 fully saturated rings. The summed E-state index contributed by atoms with van der Waals surface area (Å²) in [7, 11) is 1.51. The van der Waals surface area contributed by atoms with Crippen LogP contribution in [0.5, 0.6) is 5.75 Å². The number of benzene rings is 1. The molecule has 0 aliphatic heterocycles. The Hall–Kier alpha value is -2.24. The molecule has 2 rings (SSSR count). The smallest absolute Gasteiger partial charge is 0.230 e. The third kappa shape index (κ3) is 2.94. The van der Waals surface area contributed by atoms with E-state index in [4.69, 9.17) is 15.7 Å².